The van der Waals surface area contributed by atoms with Gasteiger partial charge in [0, 0.05) is 5.56 Å². The highest BCUT2D eigenvalue weighted by Gasteiger charge is 2.46. The first-order valence-corrected chi connectivity index (χ1v) is 13.7. The van der Waals surface area contributed by atoms with Crippen molar-refractivity contribution in [3.63, 3.8) is 0 Å². The van der Waals surface area contributed by atoms with Crippen LogP contribution in [0.1, 0.15) is 17.4 Å². The highest BCUT2D eigenvalue weighted by molar-refractivity contribution is 7.71. The summed E-state index contributed by atoms with van der Waals surface area (Å²) < 4.78 is 51.1. The SMILES string of the molecule is Cc1cnc2[nH]c(=S)c([C@@H]3O[C@H](COP(=O)(O)OP(=O)(O)OP(=O)(O)O)C(O)[C@@H]3O)cc2n1. The fourth-order valence-corrected chi connectivity index (χ4v) is 6.21. The lowest BCUT2D eigenvalue weighted by molar-refractivity contribution is -0.0224. The lowest BCUT2D eigenvalue weighted by atomic mass is 10.0. The molecular formula is C13H18N3O13P3S. The van der Waals surface area contributed by atoms with E-state index in [1.165, 1.54) is 12.3 Å². The second-order valence-corrected chi connectivity index (χ2v) is 11.6. The number of aromatic amines is 1. The van der Waals surface area contributed by atoms with Crippen molar-refractivity contribution in [1.29, 1.82) is 0 Å². The molecule has 3 heterocycles. The van der Waals surface area contributed by atoms with Crippen molar-refractivity contribution >= 4 is 46.8 Å². The normalized spacial score (nSPS) is 27.4. The average molecular weight is 549 g/mol. The number of aliphatic hydroxyl groups excluding tert-OH is 2. The molecule has 0 aromatic carbocycles. The predicted octanol–water partition coefficient (Wildman–Crippen LogP) is 0.501. The Morgan fingerprint density at radius 1 is 1.12 bits per heavy atom. The smallest absolute Gasteiger partial charge is 0.387 e. The molecule has 1 aliphatic heterocycles. The van der Waals surface area contributed by atoms with Gasteiger partial charge >= 0.3 is 23.5 Å². The summed E-state index contributed by atoms with van der Waals surface area (Å²) in [5.74, 6) is 0. The lowest BCUT2D eigenvalue weighted by Gasteiger charge is -2.19. The summed E-state index contributed by atoms with van der Waals surface area (Å²) in [7, 11) is -16.7. The number of hydrogen-bond acceptors (Lipinski definition) is 12. The van der Waals surface area contributed by atoms with Gasteiger partial charge in [-0.25, -0.2) is 23.7 Å². The van der Waals surface area contributed by atoms with E-state index in [9.17, 15) is 28.8 Å². The van der Waals surface area contributed by atoms with Crippen molar-refractivity contribution in [2.24, 2.45) is 0 Å². The second-order valence-electron chi connectivity index (χ2n) is 6.76. The number of phosphoric ester groups is 1. The number of phosphoric acid groups is 3. The molecule has 0 spiro atoms. The number of H-pyrrole nitrogens is 1. The van der Waals surface area contributed by atoms with Crippen LogP contribution in [-0.4, -0.2) is 69.7 Å². The van der Waals surface area contributed by atoms with Crippen molar-refractivity contribution in [1.82, 2.24) is 15.0 Å². The fraction of sp³-hybridized carbons (Fsp3) is 0.462. The highest BCUT2D eigenvalue weighted by Crippen LogP contribution is 2.66. The van der Waals surface area contributed by atoms with E-state index in [2.05, 4.69) is 28.1 Å². The molecule has 3 unspecified atom stereocenters. The molecule has 3 rings (SSSR count). The zero-order valence-corrected chi connectivity index (χ0v) is 19.9. The topological polar surface area (TPSA) is 251 Å². The summed E-state index contributed by atoms with van der Waals surface area (Å²) in [6.07, 6.45) is -4.37. The van der Waals surface area contributed by atoms with Crippen LogP contribution in [-0.2, 0) is 31.6 Å². The Morgan fingerprint density at radius 3 is 2.42 bits per heavy atom. The van der Waals surface area contributed by atoms with E-state index in [1.807, 2.05) is 0 Å². The van der Waals surface area contributed by atoms with Crippen LogP contribution < -0.4 is 0 Å². The monoisotopic (exact) mass is 549 g/mol. The number of ether oxygens (including phenoxy) is 1. The third-order valence-electron chi connectivity index (χ3n) is 4.19. The van der Waals surface area contributed by atoms with Gasteiger partial charge in [-0.2, -0.15) is 8.62 Å². The molecule has 33 heavy (non-hydrogen) atoms. The second kappa shape index (κ2) is 9.57. The van der Waals surface area contributed by atoms with Crippen molar-refractivity contribution in [2.75, 3.05) is 6.61 Å². The van der Waals surface area contributed by atoms with E-state index in [1.54, 1.807) is 6.92 Å². The summed E-state index contributed by atoms with van der Waals surface area (Å²) in [4.78, 5) is 47.0. The number of hydrogen-bond donors (Lipinski definition) is 7. The van der Waals surface area contributed by atoms with Crippen molar-refractivity contribution < 1.29 is 61.4 Å². The zero-order chi connectivity index (χ0) is 24.8. The van der Waals surface area contributed by atoms with Crippen LogP contribution in [0, 0.1) is 11.6 Å². The molecule has 16 nitrogen and oxygen atoms in total. The van der Waals surface area contributed by atoms with Gasteiger partial charge in [0.1, 0.15) is 34.6 Å². The highest BCUT2D eigenvalue weighted by atomic mass is 32.1. The summed E-state index contributed by atoms with van der Waals surface area (Å²) in [6, 6.07) is 1.49. The van der Waals surface area contributed by atoms with E-state index < -0.39 is 54.5 Å². The van der Waals surface area contributed by atoms with Gasteiger partial charge in [-0.05, 0) is 13.0 Å². The van der Waals surface area contributed by atoms with Crippen molar-refractivity contribution in [2.45, 2.75) is 31.3 Å². The predicted molar refractivity (Wildman–Crippen MR) is 109 cm³/mol. The van der Waals surface area contributed by atoms with Crippen LogP contribution in [0.15, 0.2) is 12.3 Å². The summed E-state index contributed by atoms with van der Waals surface area (Å²) in [5, 5.41) is 20.6. The number of pyridine rings is 1. The number of aromatic nitrogens is 3. The molecule has 6 atom stereocenters. The third kappa shape index (κ3) is 6.78. The molecule has 0 radical (unpaired) electrons. The lowest BCUT2D eigenvalue weighted by Crippen LogP contribution is -2.33. The molecule has 0 amide bonds. The average Bonchev–Trinajstić information content (AvgIpc) is 2.91. The van der Waals surface area contributed by atoms with Crippen LogP contribution in [0.2, 0.25) is 0 Å². The Labute approximate surface area is 189 Å². The van der Waals surface area contributed by atoms with Gasteiger partial charge < -0.3 is 39.5 Å². The molecule has 20 heteroatoms. The molecule has 1 fully saturated rings. The zero-order valence-electron chi connectivity index (χ0n) is 16.4. The quantitative estimate of drug-likeness (QED) is 0.175. The largest absolute Gasteiger partial charge is 0.490 e. The minimum atomic E-state index is -5.70. The van der Waals surface area contributed by atoms with Gasteiger partial charge in [-0.15, -0.1) is 0 Å². The standard InChI is InChI=1S/C13H18N3O13P3S/c1-5-3-14-12-7(15-5)2-6(13(33)16-12)11-10(18)9(17)8(27-11)4-26-31(22,23)29-32(24,25)28-30(19,20)21/h2-3,8-11,17-18H,4H2,1H3,(H,22,23)(H,24,25)(H,14,16,33)(H2,19,20,21)/t8-,9?,10+,11+/m1/s1. The van der Waals surface area contributed by atoms with Crippen LogP contribution >= 0.6 is 35.7 Å². The van der Waals surface area contributed by atoms with Gasteiger partial charge in [-0.3, -0.25) is 4.52 Å². The van der Waals surface area contributed by atoms with E-state index in [-0.39, 0.29) is 10.2 Å². The number of nitrogens with zero attached hydrogens (tertiary/aromatic N) is 2. The molecule has 1 aliphatic rings. The minimum Gasteiger partial charge on any atom is -0.387 e. The van der Waals surface area contributed by atoms with E-state index in [0.29, 0.717) is 16.9 Å². The van der Waals surface area contributed by atoms with Crippen LogP contribution in [0.5, 0.6) is 0 Å². The molecule has 2 aromatic heterocycles. The molecule has 184 valence electrons. The maximum Gasteiger partial charge on any atom is 0.490 e. The summed E-state index contributed by atoms with van der Waals surface area (Å²) in [6.45, 7) is 0.762. The first kappa shape index (κ1) is 26.6. The molecule has 2 aromatic rings. The number of rotatable bonds is 8. The Kier molecular flexibility index (Phi) is 7.71. The molecular weight excluding hydrogens is 531 g/mol. The number of nitrogens with one attached hydrogen (secondary N) is 1. The Balaban J connectivity index is 1.73. The molecule has 0 saturated carbocycles. The minimum absolute atomic E-state index is 0.116. The van der Waals surface area contributed by atoms with Crippen LogP contribution in [0.25, 0.3) is 11.2 Å². The van der Waals surface area contributed by atoms with E-state index in [4.69, 9.17) is 31.6 Å². The van der Waals surface area contributed by atoms with Crippen LogP contribution in [0.3, 0.4) is 0 Å². The van der Waals surface area contributed by atoms with Gasteiger partial charge in [0.25, 0.3) is 0 Å². The number of aliphatic hydroxyl groups is 2. The van der Waals surface area contributed by atoms with E-state index >= 15 is 0 Å². The Morgan fingerprint density at radius 2 is 1.79 bits per heavy atom. The molecule has 0 bridgehead atoms. The van der Waals surface area contributed by atoms with Gasteiger partial charge in [0.05, 0.1) is 18.5 Å². The van der Waals surface area contributed by atoms with E-state index in [0.717, 1.165) is 0 Å². The van der Waals surface area contributed by atoms with Crippen LogP contribution in [0.4, 0.5) is 0 Å². The summed E-state index contributed by atoms with van der Waals surface area (Å²) in [5.41, 5.74) is 1.58. The van der Waals surface area contributed by atoms with Gasteiger partial charge in [-0.1, -0.05) is 12.2 Å². The third-order valence-corrected chi connectivity index (χ3v) is 8.33. The first-order valence-electron chi connectivity index (χ1n) is 8.73. The van der Waals surface area contributed by atoms with Gasteiger partial charge in [0.2, 0.25) is 0 Å². The molecule has 1 saturated heterocycles. The maximum atomic E-state index is 11.9. The Hall–Kier alpha value is -1.00. The molecule has 0 aliphatic carbocycles. The number of fused-ring (bicyclic) bond motifs is 1. The fourth-order valence-electron chi connectivity index (χ4n) is 2.91. The Bertz CT molecular complexity index is 1250. The molecule has 7 N–H and O–H groups in total. The summed E-state index contributed by atoms with van der Waals surface area (Å²) >= 11 is 5.24. The van der Waals surface area contributed by atoms with Crippen molar-refractivity contribution in [3.05, 3.63) is 28.2 Å². The van der Waals surface area contributed by atoms with Crippen molar-refractivity contribution in [3.8, 4) is 0 Å². The maximum absolute atomic E-state index is 11.9. The van der Waals surface area contributed by atoms with Gasteiger partial charge in [0.15, 0.2) is 5.65 Å². The first-order chi connectivity index (χ1) is 15.1. The number of aryl methyl sites for hydroxylation is 1.